The Morgan fingerprint density at radius 2 is 2.03 bits per heavy atom. The van der Waals surface area contributed by atoms with E-state index in [0.717, 1.165) is 6.07 Å². The first-order chi connectivity index (χ1) is 13.8. The molecule has 1 aliphatic heterocycles. The number of halogens is 3. The minimum absolute atomic E-state index is 0. The molecule has 1 saturated heterocycles. The smallest absolute Gasteiger partial charge is 0.374 e. The third kappa shape index (κ3) is 5.79. The van der Waals surface area contributed by atoms with Gasteiger partial charge in [0.15, 0.2) is 0 Å². The van der Waals surface area contributed by atoms with Gasteiger partial charge in [0.1, 0.15) is 29.9 Å². The van der Waals surface area contributed by atoms with Gasteiger partial charge in [-0.2, -0.15) is 0 Å². The van der Waals surface area contributed by atoms with Crippen LogP contribution in [0.2, 0.25) is 0 Å². The molecular weight excluding hydrogens is 420 g/mol. The maximum Gasteiger partial charge on any atom is 0.374 e. The molecule has 1 aliphatic rings. The molecule has 2 aromatic rings. The van der Waals surface area contributed by atoms with E-state index < -0.39 is 41.8 Å². The number of cyclic esters (lactones) is 1. The second kappa shape index (κ2) is 10.5. The van der Waals surface area contributed by atoms with Gasteiger partial charge in [-0.05, 0) is 49.9 Å². The van der Waals surface area contributed by atoms with Crippen LogP contribution in [0.1, 0.15) is 42.3 Å². The van der Waals surface area contributed by atoms with Gasteiger partial charge in [0, 0.05) is 12.0 Å². The Morgan fingerprint density at radius 1 is 1.27 bits per heavy atom. The van der Waals surface area contributed by atoms with Crippen molar-refractivity contribution < 1.29 is 32.3 Å². The fourth-order valence-electron chi connectivity index (χ4n) is 3.56. The molecule has 2 heterocycles. The summed E-state index contributed by atoms with van der Waals surface area (Å²) in [5.41, 5.74) is 6.13. The third-order valence-electron chi connectivity index (χ3n) is 5.08. The lowest BCUT2D eigenvalue weighted by Gasteiger charge is -2.30. The van der Waals surface area contributed by atoms with Crippen molar-refractivity contribution in [3.8, 4) is 0 Å². The van der Waals surface area contributed by atoms with E-state index in [1.54, 1.807) is 13.0 Å². The summed E-state index contributed by atoms with van der Waals surface area (Å²) in [6.07, 6.45) is 1.33. The van der Waals surface area contributed by atoms with E-state index in [0.29, 0.717) is 19.3 Å². The highest BCUT2D eigenvalue weighted by Crippen LogP contribution is 2.29. The number of carbonyl (C=O) groups excluding carboxylic acids is 2. The van der Waals surface area contributed by atoms with Gasteiger partial charge in [-0.15, -0.1) is 12.4 Å². The van der Waals surface area contributed by atoms with Gasteiger partial charge in [-0.1, -0.05) is 12.5 Å². The Balaban J connectivity index is 0.00000320. The summed E-state index contributed by atoms with van der Waals surface area (Å²) in [4.78, 5) is 24.6. The number of esters is 2. The molecule has 4 atom stereocenters. The molecular formula is C21H24ClF2NO5. The van der Waals surface area contributed by atoms with Crippen molar-refractivity contribution in [2.75, 3.05) is 0 Å². The summed E-state index contributed by atoms with van der Waals surface area (Å²) in [5.74, 6) is -3.01. The van der Waals surface area contributed by atoms with E-state index in [-0.39, 0.29) is 36.1 Å². The molecule has 0 aliphatic carbocycles. The van der Waals surface area contributed by atoms with Gasteiger partial charge in [-0.3, -0.25) is 4.79 Å². The zero-order valence-corrected chi connectivity index (χ0v) is 17.2. The summed E-state index contributed by atoms with van der Waals surface area (Å²) < 4.78 is 43.6. The predicted molar refractivity (Wildman–Crippen MR) is 106 cm³/mol. The van der Waals surface area contributed by atoms with Gasteiger partial charge in [0.25, 0.3) is 0 Å². The first-order valence-corrected chi connectivity index (χ1v) is 9.49. The fourth-order valence-corrected chi connectivity index (χ4v) is 3.56. The molecule has 9 heteroatoms. The number of furan rings is 1. The average molecular weight is 444 g/mol. The lowest BCUT2D eigenvalue weighted by atomic mass is 9.86. The highest BCUT2D eigenvalue weighted by Gasteiger charge is 2.36. The molecule has 2 N–H and O–H groups in total. The summed E-state index contributed by atoms with van der Waals surface area (Å²) in [5, 5.41) is 0. The topological polar surface area (TPSA) is 91.8 Å². The van der Waals surface area contributed by atoms with Gasteiger partial charge >= 0.3 is 11.9 Å². The van der Waals surface area contributed by atoms with E-state index in [4.69, 9.17) is 19.6 Å². The largest absolute Gasteiger partial charge is 0.458 e. The molecule has 1 aromatic carbocycles. The number of hydrogen-bond donors (Lipinski definition) is 1. The van der Waals surface area contributed by atoms with Crippen molar-refractivity contribution in [3.63, 3.8) is 0 Å². The average Bonchev–Trinajstić information content (AvgIpc) is 3.21. The van der Waals surface area contributed by atoms with Gasteiger partial charge in [-0.25, -0.2) is 13.6 Å². The highest BCUT2D eigenvalue weighted by atomic mass is 35.5. The van der Waals surface area contributed by atoms with Crippen molar-refractivity contribution in [1.29, 1.82) is 0 Å². The van der Waals surface area contributed by atoms with Crippen LogP contribution < -0.4 is 5.73 Å². The number of rotatable bonds is 4. The van der Waals surface area contributed by atoms with Crippen LogP contribution in [0.15, 0.2) is 41.0 Å². The number of ether oxygens (including phenoxy) is 2. The van der Waals surface area contributed by atoms with Gasteiger partial charge in [0.05, 0.1) is 6.26 Å². The second-order valence-electron chi connectivity index (χ2n) is 7.23. The van der Waals surface area contributed by atoms with Crippen LogP contribution in [0, 0.1) is 17.6 Å². The molecule has 0 saturated carbocycles. The summed E-state index contributed by atoms with van der Waals surface area (Å²) in [6.45, 7) is 1.60. The molecule has 0 amide bonds. The minimum Gasteiger partial charge on any atom is -0.458 e. The van der Waals surface area contributed by atoms with Crippen LogP contribution in [0.4, 0.5) is 8.78 Å². The first kappa shape index (κ1) is 23.8. The maximum atomic E-state index is 14.2. The molecule has 0 unspecified atom stereocenters. The summed E-state index contributed by atoms with van der Waals surface area (Å²) in [7, 11) is 0. The normalized spacial score (nSPS) is 24.6. The van der Waals surface area contributed by atoms with Crippen molar-refractivity contribution in [2.45, 2.75) is 50.9 Å². The van der Waals surface area contributed by atoms with E-state index in [1.807, 2.05) is 0 Å². The van der Waals surface area contributed by atoms with Crippen molar-refractivity contribution >= 4 is 24.3 Å². The summed E-state index contributed by atoms with van der Waals surface area (Å²) >= 11 is 0. The van der Waals surface area contributed by atoms with Crippen LogP contribution in [-0.2, 0) is 20.7 Å². The molecule has 0 bridgehead atoms. The zero-order chi connectivity index (χ0) is 21.0. The van der Waals surface area contributed by atoms with Crippen molar-refractivity contribution in [3.05, 3.63) is 59.6 Å². The Kier molecular flexibility index (Phi) is 8.37. The summed E-state index contributed by atoms with van der Waals surface area (Å²) in [6, 6.07) is 5.59. The van der Waals surface area contributed by atoms with Crippen LogP contribution in [0.25, 0.3) is 0 Å². The quantitative estimate of drug-likeness (QED) is 0.722. The van der Waals surface area contributed by atoms with Crippen LogP contribution in [0.3, 0.4) is 0 Å². The molecule has 1 aromatic heterocycles. The van der Waals surface area contributed by atoms with E-state index in [9.17, 15) is 18.4 Å². The second-order valence-corrected chi connectivity index (χ2v) is 7.23. The molecule has 1 fully saturated rings. The molecule has 3 rings (SSSR count). The predicted octanol–water partition coefficient (Wildman–Crippen LogP) is 3.81. The Hall–Kier alpha value is -2.45. The zero-order valence-electron chi connectivity index (χ0n) is 16.4. The monoisotopic (exact) mass is 443 g/mol. The third-order valence-corrected chi connectivity index (χ3v) is 5.08. The van der Waals surface area contributed by atoms with Crippen molar-refractivity contribution in [2.24, 2.45) is 11.7 Å². The highest BCUT2D eigenvalue weighted by molar-refractivity contribution is 5.86. The Bertz CT molecular complexity index is 861. The molecule has 0 radical (unpaired) electrons. The lowest BCUT2D eigenvalue weighted by molar-refractivity contribution is -0.157. The Morgan fingerprint density at radius 3 is 2.70 bits per heavy atom. The van der Waals surface area contributed by atoms with E-state index >= 15 is 0 Å². The van der Waals surface area contributed by atoms with Gasteiger partial charge < -0.3 is 19.6 Å². The molecule has 0 spiro atoms. The maximum absolute atomic E-state index is 14.2. The lowest BCUT2D eigenvalue weighted by Crippen LogP contribution is -2.41. The number of hydrogen-bond acceptors (Lipinski definition) is 6. The van der Waals surface area contributed by atoms with Crippen LogP contribution in [0.5, 0.6) is 0 Å². The van der Waals surface area contributed by atoms with E-state index in [2.05, 4.69) is 0 Å². The number of carbonyl (C=O) groups is 2. The number of benzene rings is 1. The van der Waals surface area contributed by atoms with Crippen LogP contribution in [-0.4, -0.2) is 30.2 Å². The van der Waals surface area contributed by atoms with Crippen molar-refractivity contribution in [1.82, 2.24) is 0 Å². The Labute approximate surface area is 179 Å². The minimum atomic E-state index is -0.855. The fraction of sp³-hybridized carbons (Fsp3) is 0.429. The van der Waals surface area contributed by atoms with E-state index in [1.165, 1.54) is 24.5 Å². The SMILES string of the molecule is C[C@@H]1OC(=O)[C@@H](N)CCC[C@H](Cc2ccc(F)cc2F)[C@H]1OC(=O)c1ccco1.Cl. The first-order valence-electron chi connectivity index (χ1n) is 9.49. The van der Waals surface area contributed by atoms with Gasteiger partial charge in [0.2, 0.25) is 5.76 Å². The number of nitrogens with two attached hydrogens (primary N) is 1. The molecule has 164 valence electrons. The molecule has 30 heavy (non-hydrogen) atoms. The van der Waals surface area contributed by atoms with Crippen LogP contribution >= 0.6 is 12.4 Å². The molecule has 6 nitrogen and oxygen atoms in total. The standard InChI is InChI=1S/C21H23F2NO5.ClH/c1-12-19(29-21(26)18-6-3-9-27-18)14(4-2-5-17(24)20(25)28-12)10-13-7-8-15(22)11-16(13)23;/h3,6-9,11-12,14,17,19H,2,4-5,10,24H2,1H3;1H/t12-,14+,17-,19-;/m0./s1.